The number of hydrogen-bond acceptors (Lipinski definition) is 6. The molecule has 0 fully saturated rings. The number of hydrogen-bond donors (Lipinski definition) is 0. The van der Waals surface area contributed by atoms with Gasteiger partial charge >= 0.3 is 5.97 Å². The average Bonchev–Trinajstić information content (AvgIpc) is 2.58. The van der Waals surface area contributed by atoms with Gasteiger partial charge in [0.25, 0.3) is 0 Å². The molecule has 0 spiro atoms. The Kier molecular flexibility index (Phi) is 4.81. The van der Waals surface area contributed by atoms with Gasteiger partial charge in [0, 0.05) is 13.2 Å². The topological polar surface area (TPSA) is 75.0 Å². The Hall–Kier alpha value is -3.12. The van der Waals surface area contributed by atoms with E-state index in [0.717, 1.165) is 5.56 Å². The van der Waals surface area contributed by atoms with E-state index in [-0.39, 0.29) is 23.5 Å². The zero-order chi connectivity index (χ0) is 17.8. The highest BCUT2D eigenvalue weighted by Crippen LogP contribution is 2.24. The molecule has 0 aliphatic carbocycles. The number of esters is 1. The van der Waals surface area contributed by atoms with Gasteiger partial charge in [-0.05, 0) is 36.8 Å². The molecule has 0 bridgehead atoms. The van der Waals surface area contributed by atoms with Crippen LogP contribution in [0.2, 0.25) is 0 Å². The zero-order valence-electron chi connectivity index (χ0n) is 13.8. The number of methoxy groups -OCH3 is 1. The fourth-order valence-electron chi connectivity index (χ4n) is 2.31. The molecule has 1 heterocycles. The summed E-state index contributed by atoms with van der Waals surface area (Å²) in [7, 11) is 1.40. The average molecular weight is 340 g/mol. The Morgan fingerprint density at radius 1 is 1.12 bits per heavy atom. The van der Waals surface area contributed by atoms with E-state index in [0.29, 0.717) is 16.7 Å². The summed E-state index contributed by atoms with van der Waals surface area (Å²) in [6, 6.07) is 11.9. The van der Waals surface area contributed by atoms with Crippen LogP contribution in [0.5, 0.6) is 17.2 Å². The largest absolute Gasteiger partial charge is 0.460 e. The molecule has 6 heteroatoms. The number of rotatable bonds is 5. The second-order valence-electron chi connectivity index (χ2n) is 5.41. The zero-order valence-corrected chi connectivity index (χ0v) is 13.8. The highest BCUT2D eigenvalue weighted by molar-refractivity contribution is 5.81. The van der Waals surface area contributed by atoms with Gasteiger partial charge in [0.15, 0.2) is 0 Å². The third-order valence-electron chi connectivity index (χ3n) is 3.43. The Balaban J connectivity index is 1.90. The molecule has 2 aromatic carbocycles. The summed E-state index contributed by atoms with van der Waals surface area (Å²) in [4.78, 5) is 24.0. The lowest BCUT2D eigenvalue weighted by Crippen LogP contribution is -2.14. The molecule has 3 aromatic rings. The van der Waals surface area contributed by atoms with Crippen molar-refractivity contribution in [3.63, 3.8) is 0 Å². The van der Waals surface area contributed by atoms with Crippen LogP contribution in [-0.2, 0) is 9.53 Å². The van der Waals surface area contributed by atoms with Crippen molar-refractivity contribution in [3.05, 3.63) is 64.5 Å². The van der Waals surface area contributed by atoms with Crippen molar-refractivity contribution >= 4 is 16.9 Å². The predicted molar refractivity (Wildman–Crippen MR) is 91.2 cm³/mol. The van der Waals surface area contributed by atoms with Gasteiger partial charge in [-0.1, -0.05) is 12.1 Å². The first-order valence-electron chi connectivity index (χ1n) is 7.56. The maximum absolute atomic E-state index is 12.5. The van der Waals surface area contributed by atoms with Crippen LogP contribution in [0.3, 0.4) is 0 Å². The van der Waals surface area contributed by atoms with Gasteiger partial charge < -0.3 is 18.6 Å². The van der Waals surface area contributed by atoms with Gasteiger partial charge in [0.2, 0.25) is 11.2 Å². The quantitative estimate of drug-likeness (QED) is 0.523. The number of fused-ring (bicyclic) bond motifs is 1. The Bertz CT molecular complexity index is 973. The fraction of sp³-hybridized carbons (Fsp3) is 0.158. The molecule has 0 saturated carbocycles. The molecule has 0 N–H and O–H groups in total. The molecule has 0 amide bonds. The molecule has 0 aliphatic heterocycles. The lowest BCUT2D eigenvalue weighted by molar-refractivity contribution is -0.138. The number of carbonyl (C=O) groups excluding carboxylic acids is 1. The van der Waals surface area contributed by atoms with Gasteiger partial charge in [-0.2, -0.15) is 0 Å². The van der Waals surface area contributed by atoms with Gasteiger partial charge in [-0.3, -0.25) is 4.79 Å². The molecular weight excluding hydrogens is 324 g/mol. The lowest BCUT2D eigenvalue weighted by atomic mass is 10.2. The van der Waals surface area contributed by atoms with Crippen LogP contribution in [0.4, 0.5) is 0 Å². The SMILES string of the molecule is COCC(=O)Oc1ccc2c(=O)c(Oc3cccc(C)c3)coc2c1. The predicted octanol–water partition coefficient (Wildman–Crippen LogP) is 3.45. The Labute approximate surface area is 143 Å². The van der Waals surface area contributed by atoms with E-state index in [1.165, 1.54) is 31.6 Å². The first kappa shape index (κ1) is 16.7. The van der Waals surface area contributed by atoms with E-state index in [4.69, 9.17) is 18.6 Å². The third kappa shape index (κ3) is 3.87. The summed E-state index contributed by atoms with van der Waals surface area (Å²) in [6.45, 7) is 1.77. The lowest BCUT2D eigenvalue weighted by Gasteiger charge is -2.07. The minimum atomic E-state index is -0.538. The van der Waals surface area contributed by atoms with Gasteiger partial charge in [-0.25, -0.2) is 4.79 Å². The van der Waals surface area contributed by atoms with Crippen molar-refractivity contribution in [3.8, 4) is 17.2 Å². The summed E-state index contributed by atoms with van der Waals surface area (Å²) in [5.41, 5.74) is 1.01. The van der Waals surface area contributed by atoms with Crippen LogP contribution >= 0.6 is 0 Å². The molecule has 128 valence electrons. The van der Waals surface area contributed by atoms with E-state index in [1.54, 1.807) is 6.07 Å². The van der Waals surface area contributed by atoms with Gasteiger partial charge in [0.05, 0.1) is 5.39 Å². The molecule has 6 nitrogen and oxygen atoms in total. The second kappa shape index (κ2) is 7.19. The van der Waals surface area contributed by atoms with Crippen molar-refractivity contribution in [1.29, 1.82) is 0 Å². The molecule has 3 rings (SSSR count). The standard InChI is InChI=1S/C19H16O6/c1-12-4-3-5-13(8-12)24-17-10-23-16-9-14(25-18(20)11-22-2)6-7-15(16)19(17)21/h3-10H,11H2,1-2H3. The molecule has 25 heavy (non-hydrogen) atoms. The minimum absolute atomic E-state index is 0.0854. The second-order valence-corrected chi connectivity index (χ2v) is 5.41. The Morgan fingerprint density at radius 3 is 2.72 bits per heavy atom. The number of ether oxygens (including phenoxy) is 3. The third-order valence-corrected chi connectivity index (χ3v) is 3.43. The first-order chi connectivity index (χ1) is 12.1. The summed E-state index contributed by atoms with van der Waals surface area (Å²) >= 11 is 0. The van der Waals surface area contributed by atoms with Crippen molar-refractivity contribution in [2.45, 2.75) is 6.92 Å². The molecule has 0 aliphatic rings. The highest BCUT2D eigenvalue weighted by atomic mass is 16.6. The molecule has 1 aromatic heterocycles. The van der Waals surface area contributed by atoms with Crippen molar-refractivity contribution < 1.29 is 23.4 Å². The molecule has 0 radical (unpaired) electrons. The van der Waals surface area contributed by atoms with Crippen molar-refractivity contribution in [2.24, 2.45) is 0 Å². The van der Waals surface area contributed by atoms with Gasteiger partial charge in [0.1, 0.15) is 30.0 Å². The van der Waals surface area contributed by atoms with Crippen molar-refractivity contribution in [1.82, 2.24) is 0 Å². The molecule has 0 atom stereocenters. The van der Waals surface area contributed by atoms with E-state index in [2.05, 4.69) is 0 Å². The van der Waals surface area contributed by atoms with Crippen LogP contribution in [0, 0.1) is 6.92 Å². The first-order valence-corrected chi connectivity index (χ1v) is 7.56. The van der Waals surface area contributed by atoms with Crippen LogP contribution in [-0.4, -0.2) is 19.7 Å². The van der Waals surface area contributed by atoms with E-state index < -0.39 is 5.97 Å². The molecule has 0 unspecified atom stereocenters. The van der Waals surface area contributed by atoms with Crippen LogP contribution in [0.15, 0.2) is 57.9 Å². The van der Waals surface area contributed by atoms with Crippen molar-refractivity contribution in [2.75, 3.05) is 13.7 Å². The maximum atomic E-state index is 12.5. The number of carbonyl (C=O) groups is 1. The van der Waals surface area contributed by atoms with Crippen LogP contribution < -0.4 is 14.9 Å². The fourth-order valence-corrected chi connectivity index (χ4v) is 2.31. The highest BCUT2D eigenvalue weighted by Gasteiger charge is 2.12. The maximum Gasteiger partial charge on any atom is 0.337 e. The normalized spacial score (nSPS) is 10.6. The minimum Gasteiger partial charge on any atom is -0.460 e. The van der Waals surface area contributed by atoms with E-state index >= 15 is 0 Å². The summed E-state index contributed by atoms with van der Waals surface area (Å²) in [6.07, 6.45) is 1.24. The smallest absolute Gasteiger partial charge is 0.337 e. The van der Waals surface area contributed by atoms with Gasteiger partial charge in [-0.15, -0.1) is 0 Å². The summed E-state index contributed by atoms with van der Waals surface area (Å²) in [5, 5.41) is 0.330. The summed E-state index contributed by atoms with van der Waals surface area (Å²) < 4.78 is 20.9. The van der Waals surface area contributed by atoms with E-state index in [9.17, 15) is 9.59 Å². The van der Waals surface area contributed by atoms with Crippen LogP contribution in [0.1, 0.15) is 5.56 Å². The summed E-state index contributed by atoms with van der Waals surface area (Å²) in [5.74, 6) is 0.368. The Morgan fingerprint density at radius 2 is 1.96 bits per heavy atom. The number of aryl methyl sites for hydroxylation is 1. The molecular formula is C19H16O6. The monoisotopic (exact) mass is 340 g/mol. The van der Waals surface area contributed by atoms with Crippen LogP contribution in [0.25, 0.3) is 11.0 Å². The van der Waals surface area contributed by atoms with E-state index in [1.807, 2.05) is 25.1 Å². The molecule has 0 saturated heterocycles. The number of benzene rings is 2.